The van der Waals surface area contributed by atoms with Gasteiger partial charge in [0.15, 0.2) is 11.5 Å². The molecule has 4 heteroatoms. The molecule has 0 spiro atoms. The van der Waals surface area contributed by atoms with Crippen LogP contribution in [0.4, 0.5) is 0 Å². The average Bonchev–Trinajstić information content (AvgIpc) is 2.65. The maximum Gasteiger partial charge on any atom is 0.265 e. The highest BCUT2D eigenvalue weighted by Gasteiger charge is 2.30. The Morgan fingerprint density at radius 3 is 2.19 bits per heavy atom. The van der Waals surface area contributed by atoms with E-state index in [1.165, 1.54) is 5.56 Å². The summed E-state index contributed by atoms with van der Waals surface area (Å²) in [5.41, 5.74) is 2.40. The van der Waals surface area contributed by atoms with Crippen molar-refractivity contribution in [3.05, 3.63) is 59.7 Å². The molecule has 138 valence electrons. The van der Waals surface area contributed by atoms with E-state index in [2.05, 4.69) is 57.3 Å². The minimum atomic E-state index is -0.638. The number of para-hydroxylation sites is 2. The molecule has 4 nitrogen and oxygen atoms in total. The summed E-state index contributed by atoms with van der Waals surface area (Å²) in [5.74, 6) is 1.90. The number of ether oxygens (including phenoxy) is 2. The van der Waals surface area contributed by atoms with Gasteiger partial charge in [0, 0.05) is 0 Å². The van der Waals surface area contributed by atoms with Crippen molar-refractivity contribution in [2.45, 2.75) is 45.8 Å². The molecule has 0 aromatic heterocycles. The number of hydrogen-bond acceptors (Lipinski definition) is 3. The predicted molar refractivity (Wildman–Crippen MR) is 103 cm³/mol. The summed E-state index contributed by atoms with van der Waals surface area (Å²) in [6.45, 7) is 8.79. The summed E-state index contributed by atoms with van der Waals surface area (Å²) in [5, 5.41) is 3.14. The van der Waals surface area contributed by atoms with Gasteiger partial charge in [0.05, 0.1) is 6.04 Å². The maximum absolute atomic E-state index is 12.8. The zero-order valence-electron chi connectivity index (χ0n) is 15.9. The van der Waals surface area contributed by atoms with Gasteiger partial charge in [-0.25, -0.2) is 0 Å². The number of carbonyl (C=O) groups excluding carboxylic acids is 1. The third kappa shape index (κ3) is 4.01. The number of amides is 1. The number of nitrogens with one attached hydrogen (secondary N) is 1. The molecule has 2 aromatic rings. The van der Waals surface area contributed by atoms with Gasteiger partial charge in [-0.05, 0) is 35.1 Å². The van der Waals surface area contributed by atoms with Crippen LogP contribution in [0.3, 0.4) is 0 Å². The first-order valence-electron chi connectivity index (χ1n) is 9.24. The zero-order valence-corrected chi connectivity index (χ0v) is 15.9. The van der Waals surface area contributed by atoms with Crippen LogP contribution in [-0.2, 0) is 4.79 Å². The SMILES string of the molecule is CC(C)c1ccc([C@@H](NC(=O)[C@H]2COc3ccccc3O2)C(C)C)cc1. The van der Waals surface area contributed by atoms with E-state index in [1.54, 1.807) is 0 Å². The highest BCUT2D eigenvalue weighted by molar-refractivity contribution is 5.82. The summed E-state index contributed by atoms with van der Waals surface area (Å²) >= 11 is 0. The van der Waals surface area contributed by atoms with Gasteiger partial charge in [-0.2, -0.15) is 0 Å². The van der Waals surface area contributed by atoms with Crippen molar-refractivity contribution in [1.29, 1.82) is 0 Å². The van der Waals surface area contributed by atoms with E-state index in [4.69, 9.17) is 9.47 Å². The van der Waals surface area contributed by atoms with Crippen LogP contribution < -0.4 is 14.8 Å². The Kier molecular flexibility index (Phi) is 5.50. The topological polar surface area (TPSA) is 47.6 Å². The molecule has 2 aromatic carbocycles. The van der Waals surface area contributed by atoms with E-state index in [0.29, 0.717) is 17.4 Å². The van der Waals surface area contributed by atoms with Crippen molar-refractivity contribution in [2.75, 3.05) is 6.61 Å². The van der Waals surface area contributed by atoms with Crippen LogP contribution in [0.5, 0.6) is 11.5 Å². The fraction of sp³-hybridized carbons (Fsp3) is 0.409. The lowest BCUT2D eigenvalue weighted by Crippen LogP contribution is -2.46. The molecule has 0 radical (unpaired) electrons. The number of rotatable bonds is 5. The minimum absolute atomic E-state index is 0.0653. The maximum atomic E-state index is 12.8. The van der Waals surface area contributed by atoms with Gasteiger partial charge in [0.1, 0.15) is 6.61 Å². The highest BCUT2D eigenvalue weighted by atomic mass is 16.6. The molecule has 0 aliphatic carbocycles. The summed E-state index contributed by atoms with van der Waals surface area (Å²) < 4.78 is 11.5. The standard InChI is InChI=1S/C22H27NO3/c1-14(2)16-9-11-17(12-10-16)21(15(3)4)23-22(24)20-13-25-18-7-5-6-8-19(18)26-20/h5-12,14-15,20-21H,13H2,1-4H3,(H,23,24)/t20-,21+/m1/s1. The molecule has 0 bridgehead atoms. The van der Waals surface area contributed by atoms with Gasteiger partial charge in [-0.3, -0.25) is 4.79 Å². The Labute approximate surface area is 155 Å². The fourth-order valence-electron chi connectivity index (χ4n) is 3.12. The summed E-state index contributed by atoms with van der Waals surface area (Å²) in [7, 11) is 0. The van der Waals surface area contributed by atoms with E-state index in [9.17, 15) is 4.79 Å². The van der Waals surface area contributed by atoms with Gasteiger partial charge < -0.3 is 14.8 Å². The first kappa shape index (κ1) is 18.3. The Morgan fingerprint density at radius 1 is 0.962 bits per heavy atom. The van der Waals surface area contributed by atoms with Crippen molar-refractivity contribution in [2.24, 2.45) is 5.92 Å². The van der Waals surface area contributed by atoms with Crippen molar-refractivity contribution in [1.82, 2.24) is 5.32 Å². The monoisotopic (exact) mass is 353 g/mol. The Morgan fingerprint density at radius 2 is 1.58 bits per heavy atom. The first-order valence-corrected chi connectivity index (χ1v) is 9.24. The van der Waals surface area contributed by atoms with Crippen LogP contribution in [0.25, 0.3) is 0 Å². The van der Waals surface area contributed by atoms with Crippen LogP contribution in [0.2, 0.25) is 0 Å². The molecule has 0 unspecified atom stereocenters. The van der Waals surface area contributed by atoms with Crippen LogP contribution in [0.15, 0.2) is 48.5 Å². The number of hydrogen-bond donors (Lipinski definition) is 1. The molecular formula is C22H27NO3. The summed E-state index contributed by atoms with van der Waals surface area (Å²) in [6, 6.07) is 15.8. The smallest absolute Gasteiger partial charge is 0.265 e. The van der Waals surface area contributed by atoms with E-state index in [0.717, 1.165) is 5.56 Å². The van der Waals surface area contributed by atoms with Gasteiger partial charge in [0.2, 0.25) is 6.10 Å². The van der Waals surface area contributed by atoms with Crippen molar-refractivity contribution < 1.29 is 14.3 Å². The van der Waals surface area contributed by atoms with Gasteiger partial charge in [-0.15, -0.1) is 0 Å². The van der Waals surface area contributed by atoms with Crippen molar-refractivity contribution >= 4 is 5.91 Å². The van der Waals surface area contributed by atoms with Gasteiger partial charge >= 0.3 is 0 Å². The van der Waals surface area contributed by atoms with Gasteiger partial charge in [0.25, 0.3) is 5.91 Å². The quantitative estimate of drug-likeness (QED) is 0.863. The lowest BCUT2D eigenvalue weighted by atomic mass is 9.93. The predicted octanol–water partition coefficient (Wildman–Crippen LogP) is 4.46. The molecule has 26 heavy (non-hydrogen) atoms. The Bertz CT molecular complexity index is 752. The third-order valence-electron chi connectivity index (χ3n) is 4.73. The minimum Gasteiger partial charge on any atom is -0.485 e. The fourth-order valence-corrected chi connectivity index (χ4v) is 3.12. The van der Waals surface area contributed by atoms with Crippen molar-refractivity contribution in [3.8, 4) is 11.5 Å². The molecule has 0 fully saturated rings. The van der Waals surface area contributed by atoms with Crippen LogP contribution in [-0.4, -0.2) is 18.6 Å². The van der Waals surface area contributed by atoms with Crippen LogP contribution in [0.1, 0.15) is 50.8 Å². The lowest BCUT2D eigenvalue weighted by molar-refractivity contribution is -0.131. The van der Waals surface area contributed by atoms with E-state index >= 15 is 0 Å². The van der Waals surface area contributed by atoms with Crippen LogP contribution in [0, 0.1) is 5.92 Å². The normalized spacial score (nSPS) is 17.2. The molecular weight excluding hydrogens is 326 g/mol. The number of benzene rings is 2. The lowest BCUT2D eigenvalue weighted by Gasteiger charge is -2.29. The molecule has 1 N–H and O–H groups in total. The molecule has 1 aliphatic heterocycles. The summed E-state index contributed by atoms with van der Waals surface area (Å²) in [4.78, 5) is 12.8. The van der Waals surface area contributed by atoms with Gasteiger partial charge in [-0.1, -0.05) is 64.1 Å². The molecule has 1 aliphatic rings. The first-order chi connectivity index (χ1) is 12.5. The third-order valence-corrected chi connectivity index (χ3v) is 4.73. The largest absolute Gasteiger partial charge is 0.485 e. The highest BCUT2D eigenvalue weighted by Crippen LogP contribution is 2.31. The Balaban J connectivity index is 1.71. The van der Waals surface area contributed by atoms with E-state index in [1.807, 2.05) is 24.3 Å². The molecule has 0 saturated carbocycles. The molecule has 2 atom stereocenters. The molecule has 0 saturated heterocycles. The molecule has 1 heterocycles. The van der Waals surface area contributed by atoms with E-state index < -0.39 is 6.10 Å². The Hall–Kier alpha value is -2.49. The summed E-state index contributed by atoms with van der Waals surface area (Å²) in [6.07, 6.45) is -0.638. The second kappa shape index (κ2) is 7.81. The molecule has 1 amide bonds. The second-order valence-electron chi connectivity index (χ2n) is 7.42. The average molecular weight is 353 g/mol. The van der Waals surface area contributed by atoms with Crippen molar-refractivity contribution in [3.63, 3.8) is 0 Å². The second-order valence-corrected chi connectivity index (χ2v) is 7.42. The van der Waals surface area contributed by atoms with E-state index in [-0.39, 0.29) is 24.5 Å². The number of carbonyl (C=O) groups is 1. The zero-order chi connectivity index (χ0) is 18.7. The van der Waals surface area contributed by atoms with Crippen LogP contribution >= 0.6 is 0 Å². The number of fused-ring (bicyclic) bond motifs is 1. The molecule has 3 rings (SSSR count).